The van der Waals surface area contributed by atoms with Gasteiger partial charge in [0, 0.05) is 32.5 Å². The van der Waals surface area contributed by atoms with Crippen molar-refractivity contribution < 1.29 is 23.1 Å². The van der Waals surface area contributed by atoms with Crippen LogP contribution in [0, 0.1) is 11.8 Å². The van der Waals surface area contributed by atoms with Crippen LogP contribution in [0.1, 0.15) is 13.3 Å². The van der Waals surface area contributed by atoms with Crippen LogP contribution in [0.4, 0.5) is 0 Å². The molecule has 2 heterocycles. The van der Waals surface area contributed by atoms with Gasteiger partial charge in [0.25, 0.3) is 0 Å². The number of likely N-dealkylation sites (tertiary alicyclic amines) is 1. The van der Waals surface area contributed by atoms with Gasteiger partial charge in [0.05, 0.1) is 12.5 Å². The van der Waals surface area contributed by atoms with E-state index in [1.807, 2.05) is 6.92 Å². The number of aliphatic carboxylic acids is 1. The van der Waals surface area contributed by atoms with Gasteiger partial charge in [-0.15, -0.1) is 0 Å². The van der Waals surface area contributed by atoms with Crippen LogP contribution in [0.2, 0.25) is 0 Å². The SMILES string of the molecule is CC1CC(C(=O)O)CN(C(=O)CN(C)S(=O)(=O)c2cccnc2)C1. The van der Waals surface area contributed by atoms with Gasteiger partial charge in [-0.25, -0.2) is 8.42 Å². The summed E-state index contributed by atoms with van der Waals surface area (Å²) in [6, 6.07) is 2.92. The van der Waals surface area contributed by atoms with Gasteiger partial charge in [-0.3, -0.25) is 14.6 Å². The largest absolute Gasteiger partial charge is 0.481 e. The first-order valence-corrected chi connectivity index (χ1v) is 9.02. The maximum absolute atomic E-state index is 12.4. The van der Waals surface area contributed by atoms with Crippen LogP contribution in [0.25, 0.3) is 0 Å². The molecule has 8 nitrogen and oxygen atoms in total. The predicted octanol–water partition coefficient (Wildman–Crippen LogP) is 0.271. The minimum atomic E-state index is -3.81. The molecule has 2 unspecified atom stereocenters. The minimum absolute atomic E-state index is 0.00993. The number of aromatic nitrogens is 1. The minimum Gasteiger partial charge on any atom is -0.481 e. The Morgan fingerprint density at radius 3 is 2.71 bits per heavy atom. The second-order valence-electron chi connectivity index (χ2n) is 6.12. The average molecular weight is 355 g/mol. The Balaban J connectivity index is 2.07. The Bertz CT molecular complexity index is 707. The number of carboxylic acids is 1. The van der Waals surface area contributed by atoms with E-state index in [9.17, 15) is 18.0 Å². The van der Waals surface area contributed by atoms with Crippen LogP contribution < -0.4 is 0 Å². The summed E-state index contributed by atoms with van der Waals surface area (Å²) in [7, 11) is -2.49. The standard InChI is InChI=1S/C15H21N3O5S/c1-11-6-12(15(20)21)9-18(8-11)14(19)10-17(2)24(22,23)13-4-3-5-16-7-13/h3-5,7,11-12H,6,8-10H2,1-2H3,(H,20,21). The molecule has 0 bridgehead atoms. The first-order valence-electron chi connectivity index (χ1n) is 7.58. The molecule has 1 aliphatic rings. The number of nitrogens with zero attached hydrogens (tertiary/aromatic N) is 3. The van der Waals surface area contributed by atoms with Crippen molar-refractivity contribution in [2.24, 2.45) is 11.8 Å². The molecule has 0 spiro atoms. The molecule has 1 N–H and O–H groups in total. The molecule has 0 radical (unpaired) electrons. The zero-order chi connectivity index (χ0) is 17.9. The first-order chi connectivity index (χ1) is 11.2. The molecule has 1 aliphatic heterocycles. The quantitative estimate of drug-likeness (QED) is 0.812. The van der Waals surface area contributed by atoms with Crippen molar-refractivity contribution in [3.05, 3.63) is 24.5 Å². The lowest BCUT2D eigenvalue weighted by atomic mass is 9.90. The van der Waals surface area contributed by atoms with Crippen molar-refractivity contribution >= 4 is 21.9 Å². The van der Waals surface area contributed by atoms with E-state index in [1.165, 1.54) is 36.5 Å². The lowest BCUT2D eigenvalue weighted by Gasteiger charge is -2.35. The van der Waals surface area contributed by atoms with Gasteiger partial charge >= 0.3 is 5.97 Å². The number of hydrogen-bond donors (Lipinski definition) is 1. The molecule has 0 aliphatic carbocycles. The van der Waals surface area contributed by atoms with E-state index in [1.54, 1.807) is 0 Å². The van der Waals surface area contributed by atoms with E-state index in [0.717, 1.165) is 4.31 Å². The Kier molecular flexibility index (Phi) is 5.55. The van der Waals surface area contributed by atoms with Gasteiger partial charge in [-0.05, 0) is 24.5 Å². The number of likely N-dealkylation sites (N-methyl/N-ethyl adjacent to an activating group) is 1. The fourth-order valence-corrected chi connectivity index (χ4v) is 3.87. The molecule has 9 heteroatoms. The van der Waals surface area contributed by atoms with Crippen molar-refractivity contribution in [3.8, 4) is 0 Å². The van der Waals surface area contributed by atoms with Gasteiger partial charge in [0.15, 0.2) is 0 Å². The lowest BCUT2D eigenvalue weighted by molar-refractivity contribution is -0.146. The number of carbonyl (C=O) groups is 2. The van der Waals surface area contributed by atoms with Crippen LogP contribution in [0.3, 0.4) is 0 Å². The highest BCUT2D eigenvalue weighted by Crippen LogP contribution is 2.22. The molecule has 1 saturated heterocycles. The van der Waals surface area contributed by atoms with Crippen LogP contribution in [0.5, 0.6) is 0 Å². The number of pyridine rings is 1. The predicted molar refractivity (Wildman–Crippen MR) is 85.5 cm³/mol. The molecular formula is C15H21N3O5S. The monoisotopic (exact) mass is 355 g/mol. The van der Waals surface area contributed by atoms with Crippen LogP contribution in [-0.2, 0) is 19.6 Å². The number of piperidine rings is 1. The Morgan fingerprint density at radius 2 is 2.12 bits per heavy atom. The average Bonchev–Trinajstić information content (AvgIpc) is 2.54. The Labute approximate surface area is 141 Å². The van der Waals surface area contributed by atoms with Gasteiger partial charge in [-0.1, -0.05) is 6.92 Å². The Hall–Kier alpha value is -2.00. The third kappa shape index (κ3) is 4.09. The maximum Gasteiger partial charge on any atom is 0.308 e. The van der Waals surface area contributed by atoms with E-state index in [2.05, 4.69) is 4.98 Å². The third-order valence-corrected chi connectivity index (χ3v) is 5.85. The highest BCUT2D eigenvalue weighted by molar-refractivity contribution is 7.89. The molecule has 1 aromatic rings. The first kappa shape index (κ1) is 18.3. The number of carboxylic acid groups (broad SMARTS) is 1. The fourth-order valence-electron chi connectivity index (χ4n) is 2.79. The van der Waals surface area contributed by atoms with Gasteiger partial charge < -0.3 is 10.0 Å². The van der Waals surface area contributed by atoms with Gasteiger partial charge in [0.2, 0.25) is 15.9 Å². The number of hydrogen-bond acceptors (Lipinski definition) is 5. The summed E-state index contributed by atoms with van der Waals surface area (Å²) < 4.78 is 25.8. The van der Waals surface area contributed by atoms with E-state index in [-0.39, 0.29) is 23.9 Å². The second kappa shape index (κ2) is 7.27. The van der Waals surface area contributed by atoms with E-state index in [0.29, 0.717) is 13.0 Å². The van der Waals surface area contributed by atoms with Crippen molar-refractivity contribution in [1.82, 2.24) is 14.2 Å². The Morgan fingerprint density at radius 1 is 1.42 bits per heavy atom. The van der Waals surface area contributed by atoms with Gasteiger partial charge in [0.1, 0.15) is 4.90 Å². The fraction of sp³-hybridized carbons (Fsp3) is 0.533. The third-order valence-electron chi connectivity index (χ3n) is 4.06. The smallest absolute Gasteiger partial charge is 0.308 e. The van der Waals surface area contributed by atoms with Crippen molar-refractivity contribution in [2.45, 2.75) is 18.2 Å². The zero-order valence-corrected chi connectivity index (χ0v) is 14.4. The summed E-state index contributed by atoms with van der Waals surface area (Å²) in [6.07, 6.45) is 3.20. The molecule has 0 saturated carbocycles. The molecule has 1 fully saturated rings. The van der Waals surface area contributed by atoms with E-state index < -0.39 is 27.8 Å². The van der Waals surface area contributed by atoms with Crippen LogP contribution in [0.15, 0.2) is 29.4 Å². The molecular weight excluding hydrogens is 334 g/mol. The molecule has 1 amide bonds. The molecule has 2 atom stereocenters. The molecule has 2 rings (SSSR count). The van der Waals surface area contributed by atoms with Crippen molar-refractivity contribution in [1.29, 1.82) is 0 Å². The topological polar surface area (TPSA) is 108 Å². The summed E-state index contributed by atoms with van der Waals surface area (Å²) in [5, 5.41) is 9.16. The second-order valence-corrected chi connectivity index (χ2v) is 8.17. The number of amides is 1. The summed E-state index contributed by atoms with van der Waals surface area (Å²) in [4.78, 5) is 28.8. The normalized spacial score (nSPS) is 21.7. The summed E-state index contributed by atoms with van der Waals surface area (Å²) in [5.41, 5.74) is 0. The van der Waals surface area contributed by atoms with Crippen molar-refractivity contribution in [3.63, 3.8) is 0 Å². The summed E-state index contributed by atoms with van der Waals surface area (Å²) >= 11 is 0. The van der Waals surface area contributed by atoms with E-state index in [4.69, 9.17) is 5.11 Å². The van der Waals surface area contributed by atoms with Crippen LogP contribution in [-0.4, -0.2) is 66.3 Å². The number of carbonyl (C=O) groups excluding carboxylic acids is 1. The maximum atomic E-state index is 12.4. The highest BCUT2D eigenvalue weighted by atomic mass is 32.2. The highest BCUT2D eigenvalue weighted by Gasteiger charge is 2.33. The summed E-state index contributed by atoms with van der Waals surface area (Å²) in [5.74, 6) is -1.89. The number of rotatable bonds is 5. The molecule has 0 aromatic carbocycles. The lowest BCUT2D eigenvalue weighted by Crippen LogP contribution is -2.49. The molecule has 24 heavy (non-hydrogen) atoms. The van der Waals surface area contributed by atoms with Gasteiger partial charge in [-0.2, -0.15) is 4.31 Å². The van der Waals surface area contributed by atoms with E-state index >= 15 is 0 Å². The molecule has 132 valence electrons. The molecule has 1 aromatic heterocycles. The van der Waals surface area contributed by atoms with Crippen molar-refractivity contribution in [2.75, 3.05) is 26.7 Å². The number of sulfonamides is 1. The van der Waals surface area contributed by atoms with Crippen LogP contribution >= 0.6 is 0 Å². The summed E-state index contributed by atoms with van der Waals surface area (Å²) in [6.45, 7) is 2.09. The zero-order valence-electron chi connectivity index (χ0n) is 13.6.